The third-order valence-corrected chi connectivity index (χ3v) is 1.10. The molecule has 0 aromatic carbocycles. The summed E-state index contributed by atoms with van der Waals surface area (Å²) in [5.41, 5.74) is 0. The van der Waals surface area contributed by atoms with Crippen molar-refractivity contribution in [1.29, 1.82) is 0 Å². The standard InChI is InChI=1S/C4H6BrF2.Li/c5-3-4(7)1-2-6;/h3-4H,1-2H2;/q-1;+1. The van der Waals surface area contributed by atoms with Gasteiger partial charge >= 0.3 is 18.9 Å². The molecule has 0 aliphatic carbocycles. The van der Waals surface area contributed by atoms with Crippen LogP contribution in [0.25, 0.3) is 0 Å². The van der Waals surface area contributed by atoms with Crippen molar-refractivity contribution < 1.29 is 27.6 Å². The molecule has 0 rings (SSSR count). The van der Waals surface area contributed by atoms with Crippen LogP contribution in [0, 0.1) is 5.33 Å². The first-order chi connectivity index (χ1) is 3.31. The van der Waals surface area contributed by atoms with Crippen molar-refractivity contribution >= 4 is 15.9 Å². The van der Waals surface area contributed by atoms with E-state index in [2.05, 4.69) is 15.9 Å². The van der Waals surface area contributed by atoms with Gasteiger partial charge in [0, 0.05) is 0 Å². The van der Waals surface area contributed by atoms with Gasteiger partial charge in [-0.25, -0.2) is 5.33 Å². The van der Waals surface area contributed by atoms with E-state index in [9.17, 15) is 8.78 Å². The Bertz CT molecular complexity index is 45.0. The predicted molar refractivity (Wildman–Crippen MR) is 28.7 cm³/mol. The molecule has 4 heteroatoms. The van der Waals surface area contributed by atoms with Gasteiger partial charge < -0.3 is 15.9 Å². The van der Waals surface area contributed by atoms with E-state index in [1.165, 1.54) is 0 Å². The molecule has 0 bridgehead atoms. The van der Waals surface area contributed by atoms with Gasteiger partial charge in [-0.15, -0.1) is 0 Å². The van der Waals surface area contributed by atoms with Crippen molar-refractivity contribution in [2.75, 3.05) is 6.67 Å². The maximum Gasteiger partial charge on any atom is 1.00 e. The second kappa shape index (κ2) is 7.94. The largest absolute Gasteiger partial charge is 1.00 e. The van der Waals surface area contributed by atoms with Crippen LogP contribution in [-0.4, -0.2) is 12.8 Å². The normalized spacial score (nSPS) is 12.4. The summed E-state index contributed by atoms with van der Waals surface area (Å²) in [6, 6.07) is 0. The van der Waals surface area contributed by atoms with E-state index in [1.807, 2.05) is 0 Å². The first-order valence-corrected chi connectivity index (χ1v) is 2.86. The molecule has 0 nitrogen and oxygen atoms in total. The summed E-state index contributed by atoms with van der Waals surface area (Å²) in [5.74, 6) is 0. The second-order valence-corrected chi connectivity index (χ2v) is 1.65. The summed E-state index contributed by atoms with van der Waals surface area (Å²) in [6.45, 7) is -0.594. The Morgan fingerprint density at radius 1 is 1.62 bits per heavy atom. The quantitative estimate of drug-likeness (QED) is 0.394. The van der Waals surface area contributed by atoms with E-state index < -0.39 is 12.8 Å². The van der Waals surface area contributed by atoms with Crippen LogP contribution in [0.2, 0.25) is 0 Å². The van der Waals surface area contributed by atoms with Gasteiger partial charge in [0.1, 0.15) is 0 Å². The van der Waals surface area contributed by atoms with Gasteiger partial charge in [0.25, 0.3) is 0 Å². The third-order valence-electron chi connectivity index (χ3n) is 0.522. The van der Waals surface area contributed by atoms with E-state index >= 15 is 0 Å². The minimum atomic E-state index is -1.13. The maximum atomic E-state index is 11.8. The molecular weight excluding hydrogens is 173 g/mol. The summed E-state index contributed by atoms with van der Waals surface area (Å²) in [4.78, 5) is 0. The number of hydrogen-bond donors (Lipinski definition) is 0. The Balaban J connectivity index is 0. The number of alkyl halides is 2. The van der Waals surface area contributed by atoms with Gasteiger partial charge in [0.15, 0.2) is 0 Å². The zero-order valence-corrected chi connectivity index (χ0v) is 6.29. The summed E-state index contributed by atoms with van der Waals surface area (Å²) in [7, 11) is 0. The molecule has 0 spiro atoms. The zero-order valence-electron chi connectivity index (χ0n) is 4.70. The molecule has 1 unspecified atom stereocenters. The summed E-state index contributed by atoms with van der Waals surface area (Å²) >= 11 is 2.75. The van der Waals surface area contributed by atoms with Gasteiger partial charge in [0.2, 0.25) is 0 Å². The van der Waals surface area contributed by atoms with E-state index in [0.717, 1.165) is 5.33 Å². The van der Waals surface area contributed by atoms with Crippen molar-refractivity contribution in [2.24, 2.45) is 0 Å². The molecular formula is C4H6BrF2Li. The van der Waals surface area contributed by atoms with Crippen LogP contribution < -0.4 is 18.9 Å². The van der Waals surface area contributed by atoms with Crippen LogP contribution in [0.5, 0.6) is 0 Å². The Hall–Kier alpha value is 0.937. The van der Waals surface area contributed by atoms with Gasteiger partial charge in [-0.2, -0.15) is 0 Å². The predicted octanol–water partition coefficient (Wildman–Crippen LogP) is -0.755. The fourth-order valence-corrected chi connectivity index (χ4v) is 0.432. The number of rotatable bonds is 3. The number of hydrogen-bond acceptors (Lipinski definition) is 0. The molecule has 0 heterocycles. The average Bonchev–Trinajstić information content (AvgIpc) is 1.68. The fourth-order valence-electron chi connectivity index (χ4n) is 0.167. The first kappa shape index (κ1) is 11.7. The molecule has 0 radical (unpaired) electrons. The molecule has 0 fully saturated rings. The van der Waals surface area contributed by atoms with Gasteiger partial charge in [0.05, 0.1) is 6.67 Å². The van der Waals surface area contributed by atoms with Crippen molar-refractivity contribution in [3.05, 3.63) is 5.33 Å². The molecule has 0 aromatic rings. The molecule has 0 aromatic heterocycles. The average molecular weight is 179 g/mol. The zero-order chi connectivity index (χ0) is 5.70. The molecule has 1 atom stereocenters. The minimum Gasteiger partial charge on any atom is -0.317 e. The molecule has 0 aliphatic heterocycles. The van der Waals surface area contributed by atoms with Crippen LogP contribution in [0.4, 0.5) is 8.78 Å². The SMILES string of the molecule is FCCC(F)[CH-]Br.[Li+]. The number of halogens is 3. The topological polar surface area (TPSA) is 0 Å². The van der Waals surface area contributed by atoms with Crippen LogP contribution in [-0.2, 0) is 0 Å². The Labute approximate surface area is 68.3 Å². The molecule has 0 saturated carbocycles. The van der Waals surface area contributed by atoms with E-state index in [-0.39, 0.29) is 25.3 Å². The van der Waals surface area contributed by atoms with Crippen molar-refractivity contribution in [2.45, 2.75) is 12.6 Å². The van der Waals surface area contributed by atoms with Gasteiger partial charge in [-0.05, 0) is 12.6 Å². The molecule has 0 aliphatic rings. The fraction of sp³-hybridized carbons (Fsp3) is 0.750. The van der Waals surface area contributed by atoms with Crippen molar-refractivity contribution in [1.82, 2.24) is 0 Å². The molecule has 8 heavy (non-hydrogen) atoms. The smallest absolute Gasteiger partial charge is 0.317 e. The van der Waals surface area contributed by atoms with Crippen LogP contribution in [0.3, 0.4) is 0 Å². The minimum absolute atomic E-state index is 0. The third kappa shape index (κ3) is 6.94. The summed E-state index contributed by atoms with van der Waals surface area (Å²) in [5, 5.41) is 1.16. The van der Waals surface area contributed by atoms with Crippen LogP contribution >= 0.6 is 15.9 Å². The molecule has 0 amide bonds. The second-order valence-electron chi connectivity index (χ2n) is 1.12. The van der Waals surface area contributed by atoms with Crippen molar-refractivity contribution in [3.8, 4) is 0 Å². The van der Waals surface area contributed by atoms with E-state index in [1.54, 1.807) is 0 Å². The first-order valence-electron chi connectivity index (χ1n) is 1.95. The van der Waals surface area contributed by atoms with Crippen LogP contribution in [0.15, 0.2) is 0 Å². The maximum absolute atomic E-state index is 11.8. The molecule has 44 valence electrons. The Morgan fingerprint density at radius 2 is 2.12 bits per heavy atom. The molecule has 0 N–H and O–H groups in total. The summed E-state index contributed by atoms with van der Waals surface area (Å²) in [6.07, 6.45) is -1.17. The van der Waals surface area contributed by atoms with Gasteiger partial charge in [-0.1, -0.05) is 0 Å². The Morgan fingerprint density at radius 3 is 2.25 bits per heavy atom. The molecule has 0 saturated heterocycles. The monoisotopic (exact) mass is 178 g/mol. The Kier molecular flexibility index (Phi) is 11.6. The van der Waals surface area contributed by atoms with E-state index in [4.69, 9.17) is 0 Å². The van der Waals surface area contributed by atoms with E-state index in [0.29, 0.717) is 0 Å². The summed E-state index contributed by atoms with van der Waals surface area (Å²) < 4.78 is 22.9. The van der Waals surface area contributed by atoms with Crippen molar-refractivity contribution in [3.63, 3.8) is 0 Å². The van der Waals surface area contributed by atoms with Gasteiger partial charge in [-0.3, -0.25) is 8.78 Å². The van der Waals surface area contributed by atoms with Crippen LogP contribution in [0.1, 0.15) is 6.42 Å².